The maximum atomic E-state index is 11.9. The van der Waals surface area contributed by atoms with Gasteiger partial charge in [0.2, 0.25) is 0 Å². The normalized spacial score (nSPS) is 14.8. The monoisotopic (exact) mass is 191 g/mol. The van der Waals surface area contributed by atoms with E-state index < -0.39 is 0 Å². The first-order valence-electron chi connectivity index (χ1n) is 4.96. The molecule has 14 heavy (non-hydrogen) atoms. The lowest BCUT2D eigenvalue weighted by atomic mass is 9.88. The van der Waals surface area contributed by atoms with Crippen LogP contribution in [0.25, 0.3) is 0 Å². The van der Waals surface area contributed by atoms with Gasteiger partial charge in [0.15, 0.2) is 5.78 Å². The van der Waals surface area contributed by atoms with Gasteiger partial charge in [-0.2, -0.15) is 0 Å². The summed E-state index contributed by atoms with van der Waals surface area (Å²) in [6.45, 7) is 4.50. The minimum absolute atomic E-state index is 0.00222. The van der Waals surface area contributed by atoms with E-state index in [1.165, 1.54) is 0 Å². The topological polar surface area (TPSA) is 43.1 Å². The predicted molar refractivity (Wildman–Crippen MR) is 58.2 cm³/mol. The van der Waals surface area contributed by atoms with Gasteiger partial charge in [0.25, 0.3) is 0 Å². The Bertz CT molecular complexity index is 294. The van der Waals surface area contributed by atoms with Crippen LogP contribution in [0.5, 0.6) is 0 Å². The van der Waals surface area contributed by atoms with Crippen LogP contribution in [0.3, 0.4) is 0 Å². The smallest absolute Gasteiger partial charge is 0.165 e. The molecule has 0 saturated carbocycles. The molecule has 0 bridgehead atoms. The maximum Gasteiger partial charge on any atom is 0.165 e. The van der Waals surface area contributed by atoms with Crippen molar-refractivity contribution in [1.29, 1.82) is 0 Å². The molecule has 0 aromatic heterocycles. The van der Waals surface area contributed by atoms with E-state index in [0.29, 0.717) is 6.54 Å². The lowest BCUT2D eigenvalue weighted by Crippen LogP contribution is -2.25. The van der Waals surface area contributed by atoms with Crippen LogP contribution in [-0.4, -0.2) is 12.3 Å². The van der Waals surface area contributed by atoms with E-state index in [9.17, 15) is 4.79 Å². The van der Waals surface area contributed by atoms with Gasteiger partial charge in [0.05, 0.1) is 0 Å². The quantitative estimate of drug-likeness (QED) is 0.741. The third-order valence-electron chi connectivity index (χ3n) is 2.70. The maximum absolute atomic E-state index is 11.9. The summed E-state index contributed by atoms with van der Waals surface area (Å²) >= 11 is 0. The number of hydrogen-bond donors (Lipinski definition) is 1. The Balaban J connectivity index is 2.76. The van der Waals surface area contributed by atoms with Gasteiger partial charge in [-0.05, 0) is 12.5 Å². The van der Waals surface area contributed by atoms with Crippen molar-refractivity contribution in [2.24, 2.45) is 17.6 Å². The van der Waals surface area contributed by atoms with Crippen LogP contribution < -0.4 is 5.73 Å². The molecule has 1 rings (SSSR count). The van der Waals surface area contributed by atoms with Crippen LogP contribution in [0.2, 0.25) is 0 Å². The lowest BCUT2D eigenvalue weighted by Gasteiger charge is -2.16. The lowest BCUT2D eigenvalue weighted by molar-refractivity contribution is 0.0896. The van der Waals surface area contributed by atoms with E-state index in [0.717, 1.165) is 5.56 Å². The summed E-state index contributed by atoms with van der Waals surface area (Å²) in [4.78, 5) is 11.9. The number of carbonyl (C=O) groups excluding carboxylic acids is 1. The second-order valence-corrected chi connectivity index (χ2v) is 3.73. The molecule has 0 aliphatic heterocycles. The number of carbonyl (C=O) groups is 1. The zero-order chi connectivity index (χ0) is 10.6. The van der Waals surface area contributed by atoms with Crippen LogP contribution in [0, 0.1) is 11.8 Å². The van der Waals surface area contributed by atoms with Crippen LogP contribution in [0.4, 0.5) is 0 Å². The van der Waals surface area contributed by atoms with Crippen molar-refractivity contribution >= 4 is 5.78 Å². The molecule has 1 aromatic rings. The first-order valence-corrected chi connectivity index (χ1v) is 4.96. The molecule has 2 nitrogen and oxygen atoms in total. The minimum atomic E-state index is 0.00222. The van der Waals surface area contributed by atoms with E-state index in [1.807, 2.05) is 44.2 Å². The van der Waals surface area contributed by atoms with Gasteiger partial charge in [-0.3, -0.25) is 4.79 Å². The second-order valence-electron chi connectivity index (χ2n) is 3.73. The molecule has 2 unspecified atom stereocenters. The van der Waals surface area contributed by atoms with Crippen LogP contribution in [0.1, 0.15) is 24.2 Å². The molecular formula is C12H17NO. The van der Waals surface area contributed by atoms with Gasteiger partial charge in [0.1, 0.15) is 0 Å². The average Bonchev–Trinajstić information content (AvgIpc) is 2.27. The Morgan fingerprint density at radius 1 is 1.29 bits per heavy atom. The van der Waals surface area contributed by atoms with Crippen molar-refractivity contribution in [3.63, 3.8) is 0 Å². The van der Waals surface area contributed by atoms with Crippen molar-refractivity contribution in [3.8, 4) is 0 Å². The molecule has 0 aliphatic rings. The fraction of sp³-hybridized carbons (Fsp3) is 0.417. The standard InChI is InChI=1S/C12H17NO/c1-9(8-13)10(2)12(14)11-6-4-3-5-7-11/h3-7,9-10H,8,13H2,1-2H3. The zero-order valence-electron chi connectivity index (χ0n) is 8.73. The summed E-state index contributed by atoms with van der Waals surface area (Å²) in [5, 5.41) is 0. The molecule has 0 amide bonds. The summed E-state index contributed by atoms with van der Waals surface area (Å²) in [5.74, 6) is 0.425. The summed E-state index contributed by atoms with van der Waals surface area (Å²) in [6, 6.07) is 9.37. The third kappa shape index (κ3) is 2.42. The molecule has 2 N–H and O–H groups in total. The van der Waals surface area contributed by atoms with Gasteiger partial charge in [0, 0.05) is 11.5 Å². The Morgan fingerprint density at radius 3 is 2.36 bits per heavy atom. The van der Waals surface area contributed by atoms with Gasteiger partial charge < -0.3 is 5.73 Å². The molecule has 0 heterocycles. The molecule has 0 aliphatic carbocycles. The number of benzene rings is 1. The predicted octanol–water partition coefficient (Wildman–Crippen LogP) is 2.10. The zero-order valence-corrected chi connectivity index (χ0v) is 8.73. The van der Waals surface area contributed by atoms with Crippen LogP contribution in [-0.2, 0) is 0 Å². The number of ketones is 1. The van der Waals surface area contributed by atoms with Crippen LogP contribution >= 0.6 is 0 Å². The van der Waals surface area contributed by atoms with E-state index >= 15 is 0 Å². The molecule has 0 saturated heterocycles. The van der Waals surface area contributed by atoms with E-state index in [2.05, 4.69) is 0 Å². The van der Waals surface area contributed by atoms with E-state index in [4.69, 9.17) is 5.73 Å². The second kappa shape index (κ2) is 4.91. The van der Waals surface area contributed by atoms with Crippen LogP contribution in [0.15, 0.2) is 30.3 Å². The summed E-state index contributed by atoms with van der Waals surface area (Å²) in [5.41, 5.74) is 6.31. The highest BCUT2D eigenvalue weighted by molar-refractivity contribution is 5.97. The first-order chi connectivity index (χ1) is 6.66. The van der Waals surface area contributed by atoms with Crippen molar-refractivity contribution in [2.45, 2.75) is 13.8 Å². The largest absolute Gasteiger partial charge is 0.330 e. The highest BCUT2D eigenvalue weighted by Crippen LogP contribution is 2.15. The highest BCUT2D eigenvalue weighted by Gasteiger charge is 2.19. The number of Topliss-reactive ketones (excluding diaryl/α,β-unsaturated/α-hetero) is 1. The van der Waals surface area contributed by atoms with Gasteiger partial charge >= 0.3 is 0 Å². The number of nitrogens with two attached hydrogens (primary N) is 1. The Morgan fingerprint density at radius 2 is 1.86 bits per heavy atom. The summed E-state index contributed by atoms with van der Waals surface area (Å²) in [7, 11) is 0. The third-order valence-corrected chi connectivity index (χ3v) is 2.70. The van der Waals surface area contributed by atoms with E-state index in [-0.39, 0.29) is 17.6 Å². The van der Waals surface area contributed by atoms with Crippen molar-refractivity contribution in [1.82, 2.24) is 0 Å². The minimum Gasteiger partial charge on any atom is -0.330 e. The summed E-state index contributed by atoms with van der Waals surface area (Å²) in [6.07, 6.45) is 0. The molecule has 0 fully saturated rings. The van der Waals surface area contributed by atoms with Gasteiger partial charge in [-0.1, -0.05) is 44.2 Å². The molecule has 2 heteroatoms. The SMILES string of the molecule is CC(CN)C(C)C(=O)c1ccccc1. The molecule has 76 valence electrons. The number of hydrogen-bond acceptors (Lipinski definition) is 2. The van der Waals surface area contributed by atoms with Crippen molar-refractivity contribution < 1.29 is 4.79 Å². The fourth-order valence-electron chi connectivity index (χ4n) is 1.33. The van der Waals surface area contributed by atoms with Gasteiger partial charge in [-0.15, -0.1) is 0 Å². The Hall–Kier alpha value is -1.15. The van der Waals surface area contributed by atoms with Gasteiger partial charge in [-0.25, -0.2) is 0 Å². The Kier molecular flexibility index (Phi) is 3.84. The summed E-state index contributed by atoms with van der Waals surface area (Å²) < 4.78 is 0. The molecule has 1 aromatic carbocycles. The Labute approximate surface area is 85.1 Å². The first kappa shape index (κ1) is 10.9. The molecular weight excluding hydrogens is 174 g/mol. The van der Waals surface area contributed by atoms with E-state index in [1.54, 1.807) is 0 Å². The fourth-order valence-corrected chi connectivity index (χ4v) is 1.33. The van der Waals surface area contributed by atoms with Crippen molar-refractivity contribution in [2.75, 3.05) is 6.54 Å². The average molecular weight is 191 g/mol. The van der Waals surface area contributed by atoms with Crippen molar-refractivity contribution in [3.05, 3.63) is 35.9 Å². The molecule has 0 radical (unpaired) electrons. The molecule has 2 atom stereocenters. The number of rotatable bonds is 4. The molecule has 0 spiro atoms. The highest BCUT2D eigenvalue weighted by atomic mass is 16.1.